The van der Waals surface area contributed by atoms with Crippen molar-refractivity contribution in [2.24, 2.45) is 0 Å². The number of likely N-dealkylation sites (N-methyl/N-ethyl adjacent to an activating group) is 1. The molecule has 0 saturated heterocycles. The van der Waals surface area contributed by atoms with Crippen LogP contribution in [0.15, 0.2) is 70.3 Å². The van der Waals surface area contributed by atoms with E-state index in [1.165, 1.54) is 0 Å². The average Bonchev–Trinajstić information content (AvgIpc) is 3.25. The molecule has 152 valence electrons. The van der Waals surface area contributed by atoms with Gasteiger partial charge in [0.1, 0.15) is 16.6 Å². The van der Waals surface area contributed by atoms with Gasteiger partial charge in [-0.2, -0.15) is 0 Å². The van der Waals surface area contributed by atoms with Crippen molar-refractivity contribution in [3.05, 3.63) is 77.2 Å². The van der Waals surface area contributed by atoms with Gasteiger partial charge in [0, 0.05) is 18.3 Å². The molecule has 1 N–H and O–H groups in total. The van der Waals surface area contributed by atoms with E-state index in [0.29, 0.717) is 24.4 Å². The Bertz CT molecular complexity index is 1060. The molecule has 8 heteroatoms. The van der Waals surface area contributed by atoms with Crippen LogP contribution in [-0.2, 0) is 10.0 Å². The Morgan fingerprint density at radius 3 is 2.45 bits per heavy atom. The lowest BCUT2D eigenvalue weighted by Crippen LogP contribution is -2.30. The number of amides is 1. The maximum absolute atomic E-state index is 12.6. The molecule has 1 amide bonds. The van der Waals surface area contributed by atoms with Crippen LogP contribution in [0.25, 0.3) is 0 Å². The van der Waals surface area contributed by atoms with E-state index < -0.39 is 10.0 Å². The molecule has 0 spiro atoms. The minimum atomic E-state index is -3.60. The minimum Gasteiger partial charge on any atom is -0.491 e. The van der Waals surface area contributed by atoms with Crippen molar-refractivity contribution in [1.82, 2.24) is 4.90 Å². The quantitative estimate of drug-likeness (QED) is 0.586. The van der Waals surface area contributed by atoms with Gasteiger partial charge in [-0.25, -0.2) is 8.42 Å². The molecular formula is C21H22N2O4S2. The van der Waals surface area contributed by atoms with E-state index in [2.05, 4.69) is 4.72 Å². The summed E-state index contributed by atoms with van der Waals surface area (Å²) < 4.78 is 33.0. The van der Waals surface area contributed by atoms with Crippen LogP contribution in [0.4, 0.5) is 5.69 Å². The van der Waals surface area contributed by atoms with Gasteiger partial charge >= 0.3 is 0 Å². The highest BCUT2D eigenvalue weighted by Crippen LogP contribution is 2.21. The van der Waals surface area contributed by atoms with Crippen molar-refractivity contribution in [2.75, 3.05) is 24.9 Å². The SMILES string of the molecule is Cc1ccccc1OCCN(C)C(=O)c1ccc(NS(=O)(=O)c2cccs2)cc1. The van der Waals surface area contributed by atoms with Crippen LogP contribution in [-0.4, -0.2) is 39.4 Å². The number of para-hydroxylation sites is 1. The Kier molecular flexibility index (Phi) is 6.56. The van der Waals surface area contributed by atoms with Gasteiger partial charge in [-0.05, 0) is 54.3 Å². The van der Waals surface area contributed by atoms with E-state index in [9.17, 15) is 13.2 Å². The Labute approximate surface area is 174 Å². The lowest BCUT2D eigenvalue weighted by atomic mass is 10.2. The number of ether oxygens (including phenoxy) is 1. The summed E-state index contributed by atoms with van der Waals surface area (Å²) in [6, 6.07) is 17.3. The predicted molar refractivity (Wildman–Crippen MR) is 115 cm³/mol. The average molecular weight is 431 g/mol. The van der Waals surface area contributed by atoms with Gasteiger partial charge < -0.3 is 9.64 Å². The molecule has 0 aliphatic heterocycles. The topological polar surface area (TPSA) is 75.7 Å². The molecule has 0 atom stereocenters. The molecule has 1 heterocycles. The summed E-state index contributed by atoms with van der Waals surface area (Å²) >= 11 is 1.14. The zero-order valence-corrected chi connectivity index (χ0v) is 17.8. The first-order valence-electron chi connectivity index (χ1n) is 8.97. The van der Waals surface area contributed by atoms with Gasteiger partial charge in [0.25, 0.3) is 15.9 Å². The lowest BCUT2D eigenvalue weighted by Gasteiger charge is -2.18. The molecule has 0 bridgehead atoms. The molecule has 0 fully saturated rings. The van der Waals surface area contributed by atoms with E-state index in [-0.39, 0.29) is 10.1 Å². The summed E-state index contributed by atoms with van der Waals surface area (Å²) in [7, 11) is -1.90. The Balaban J connectivity index is 1.56. The van der Waals surface area contributed by atoms with Gasteiger partial charge in [-0.3, -0.25) is 9.52 Å². The zero-order valence-electron chi connectivity index (χ0n) is 16.2. The number of nitrogens with zero attached hydrogens (tertiary/aromatic N) is 1. The van der Waals surface area contributed by atoms with E-state index in [0.717, 1.165) is 22.6 Å². The van der Waals surface area contributed by atoms with Crippen LogP contribution in [0.5, 0.6) is 5.75 Å². The fraction of sp³-hybridized carbons (Fsp3) is 0.190. The number of anilines is 1. The number of hydrogen-bond acceptors (Lipinski definition) is 5. The maximum Gasteiger partial charge on any atom is 0.271 e. The highest BCUT2D eigenvalue weighted by Gasteiger charge is 2.16. The van der Waals surface area contributed by atoms with Crippen LogP contribution in [0, 0.1) is 6.92 Å². The molecule has 3 rings (SSSR count). The van der Waals surface area contributed by atoms with Crippen molar-refractivity contribution < 1.29 is 17.9 Å². The number of thiophene rings is 1. The number of aryl methyl sites for hydroxylation is 1. The third-order valence-electron chi connectivity index (χ3n) is 4.27. The fourth-order valence-electron chi connectivity index (χ4n) is 2.64. The van der Waals surface area contributed by atoms with Crippen molar-refractivity contribution in [2.45, 2.75) is 11.1 Å². The van der Waals surface area contributed by atoms with Gasteiger partial charge in [0.05, 0.1) is 6.54 Å². The van der Waals surface area contributed by atoms with Gasteiger partial charge in [0.15, 0.2) is 0 Å². The first kappa shape index (κ1) is 20.9. The molecule has 6 nitrogen and oxygen atoms in total. The van der Waals surface area contributed by atoms with E-state index in [4.69, 9.17) is 4.74 Å². The highest BCUT2D eigenvalue weighted by molar-refractivity contribution is 7.94. The molecule has 3 aromatic rings. The number of nitrogens with one attached hydrogen (secondary N) is 1. The number of carbonyl (C=O) groups excluding carboxylic acids is 1. The minimum absolute atomic E-state index is 0.161. The molecule has 0 aliphatic rings. The van der Waals surface area contributed by atoms with Crippen LogP contribution in [0.3, 0.4) is 0 Å². The maximum atomic E-state index is 12.6. The molecule has 2 aromatic carbocycles. The molecular weight excluding hydrogens is 408 g/mol. The molecule has 0 radical (unpaired) electrons. The lowest BCUT2D eigenvalue weighted by molar-refractivity contribution is 0.0773. The Morgan fingerprint density at radius 1 is 1.07 bits per heavy atom. The third kappa shape index (κ3) is 5.36. The Hall–Kier alpha value is -2.84. The standard InChI is InChI=1S/C21H22N2O4S2/c1-16-6-3-4-7-19(16)27-14-13-23(2)21(24)17-9-11-18(12-10-17)22-29(25,26)20-8-5-15-28-20/h3-12,15,22H,13-14H2,1-2H3. The number of benzene rings is 2. The third-order valence-corrected chi connectivity index (χ3v) is 7.05. The summed E-state index contributed by atoms with van der Waals surface area (Å²) in [5.74, 6) is 0.641. The summed E-state index contributed by atoms with van der Waals surface area (Å²) in [5.41, 5.74) is 1.92. The molecule has 0 saturated carbocycles. The van der Waals surface area contributed by atoms with Crippen molar-refractivity contribution in [1.29, 1.82) is 0 Å². The normalized spacial score (nSPS) is 11.1. The highest BCUT2D eigenvalue weighted by atomic mass is 32.2. The van der Waals surface area contributed by atoms with Gasteiger partial charge in [-0.15, -0.1) is 11.3 Å². The molecule has 1 aromatic heterocycles. The van der Waals surface area contributed by atoms with Crippen LogP contribution in [0.1, 0.15) is 15.9 Å². The second kappa shape index (κ2) is 9.11. The summed E-state index contributed by atoms with van der Waals surface area (Å²) in [5, 5.41) is 1.70. The number of carbonyl (C=O) groups is 1. The molecule has 0 unspecified atom stereocenters. The predicted octanol–water partition coefficient (Wildman–Crippen LogP) is 4.01. The largest absolute Gasteiger partial charge is 0.491 e. The van der Waals surface area contributed by atoms with E-state index >= 15 is 0 Å². The van der Waals surface area contributed by atoms with Crippen LogP contribution in [0.2, 0.25) is 0 Å². The summed E-state index contributed by atoms with van der Waals surface area (Å²) in [6.45, 7) is 2.78. The first-order chi connectivity index (χ1) is 13.9. The van der Waals surface area contributed by atoms with Gasteiger partial charge in [0.2, 0.25) is 0 Å². The first-order valence-corrected chi connectivity index (χ1v) is 11.3. The van der Waals surface area contributed by atoms with Crippen molar-refractivity contribution >= 4 is 33.0 Å². The molecule has 29 heavy (non-hydrogen) atoms. The molecule has 0 aliphatic carbocycles. The van der Waals surface area contributed by atoms with E-state index in [1.807, 2.05) is 31.2 Å². The number of hydrogen-bond donors (Lipinski definition) is 1. The fourth-order valence-corrected chi connectivity index (χ4v) is 4.69. The summed E-state index contributed by atoms with van der Waals surface area (Å²) in [4.78, 5) is 14.1. The van der Waals surface area contributed by atoms with Crippen molar-refractivity contribution in [3.8, 4) is 5.75 Å². The van der Waals surface area contributed by atoms with Crippen LogP contribution < -0.4 is 9.46 Å². The number of rotatable bonds is 8. The van der Waals surface area contributed by atoms with Gasteiger partial charge in [-0.1, -0.05) is 24.3 Å². The monoisotopic (exact) mass is 430 g/mol. The second-order valence-electron chi connectivity index (χ2n) is 6.46. The van der Waals surface area contributed by atoms with Crippen molar-refractivity contribution in [3.63, 3.8) is 0 Å². The zero-order chi connectivity index (χ0) is 20.9. The van der Waals surface area contributed by atoms with E-state index in [1.54, 1.807) is 53.7 Å². The summed E-state index contributed by atoms with van der Waals surface area (Å²) in [6.07, 6.45) is 0. The number of sulfonamides is 1. The Morgan fingerprint density at radius 2 is 1.79 bits per heavy atom. The second-order valence-corrected chi connectivity index (χ2v) is 9.31. The van der Waals surface area contributed by atoms with Crippen LogP contribution >= 0.6 is 11.3 Å². The smallest absolute Gasteiger partial charge is 0.271 e.